The zero-order valence-electron chi connectivity index (χ0n) is 24.7. The molecule has 0 N–H and O–H groups in total. The fraction of sp³-hybridized carbons (Fsp3) is 0.654. The van der Waals surface area contributed by atoms with E-state index < -0.39 is 84.3 Å². The second-order valence-corrected chi connectivity index (χ2v) is 9.44. The molecule has 42 heavy (non-hydrogen) atoms. The van der Waals surface area contributed by atoms with Crippen molar-refractivity contribution in [2.24, 2.45) is 14.1 Å². The number of carbonyl (C=O) groups excluding carboxylic acids is 5. The zero-order valence-corrected chi connectivity index (χ0v) is 24.7. The van der Waals surface area contributed by atoms with Crippen molar-refractivity contribution in [3.8, 4) is 5.88 Å². The van der Waals surface area contributed by atoms with Gasteiger partial charge in [0, 0.05) is 67.7 Å². The van der Waals surface area contributed by atoms with Gasteiger partial charge >= 0.3 is 35.5 Å². The van der Waals surface area contributed by atoms with Crippen molar-refractivity contribution < 1.29 is 57.1 Å². The van der Waals surface area contributed by atoms with Gasteiger partial charge in [-0.1, -0.05) is 0 Å². The Hall–Kier alpha value is -4.21. The van der Waals surface area contributed by atoms with Crippen molar-refractivity contribution in [3.05, 3.63) is 26.4 Å². The molecule has 6 atom stereocenters. The van der Waals surface area contributed by atoms with E-state index in [0.717, 1.165) is 43.8 Å². The standard InChI is InChI=1S/C26H36N2O14/c1-9-36-19-10-17(20-24(34)27(7)26(35)28(8)25(20)42-19)21(39-14(4)31)23(41-16(6)33)22(40-15(5)32)18(38-13(3)30)11-37-12(2)29/h17-19,21-23H,9-11H2,1-8H3/t17-,18-,19+,21+,22+,23-/m1/s1. The van der Waals surface area contributed by atoms with Crippen LogP contribution in [0, 0.1) is 0 Å². The Balaban J connectivity index is 2.89. The van der Waals surface area contributed by atoms with Crippen LogP contribution in [0.15, 0.2) is 9.59 Å². The minimum absolute atomic E-state index is 0.121. The summed E-state index contributed by atoms with van der Waals surface area (Å²) in [5.41, 5.74) is -1.64. The van der Waals surface area contributed by atoms with Gasteiger partial charge < -0.3 is 33.2 Å². The lowest BCUT2D eigenvalue weighted by Crippen LogP contribution is -2.56. The monoisotopic (exact) mass is 600 g/mol. The predicted octanol–water partition coefficient (Wildman–Crippen LogP) is -0.397. The Morgan fingerprint density at radius 2 is 1.36 bits per heavy atom. The van der Waals surface area contributed by atoms with Gasteiger partial charge in [0.15, 0.2) is 18.3 Å². The summed E-state index contributed by atoms with van der Waals surface area (Å²) in [6.07, 6.45) is -7.83. The fourth-order valence-corrected chi connectivity index (χ4v) is 4.63. The number of ether oxygens (including phenoxy) is 7. The van der Waals surface area contributed by atoms with E-state index in [0.29, 0.717) is 0 Å². The van der Waals surface area contributed by atoms with Gasteiger partial charge in [-0.05, 0) is 6.92 Å². The molecule has 0 saturated heterocycles. The second kappa shape index (κ2) is 14.6. The van der Waals surface area contributed by atoms with E-state index in [1.165, 1.54) is 14.1 Å². The summed E-state index contributed by atoms with van der Waals surface area (Å²) in [6, 6.07) is 0. The van der Waals surface area contributed by atoms with Crippen molar-refractivity contribution in [2.75, 3.05) is 13.2 Å². The molecule has 0 aromatic carbocycles. The molecule has 0 unspecified atom stereocenters. The van der Waals surface area contributed by atoms with Crippen LogP contribution in [0.2, 0.25) is 0 Å². The summed E-state index contributed by atoms with van der Waals surface area (Å²) < 4.78 is 40.3. The maximum Gasteiger partial charge on any atom is 0.333 e. The van der Waals surface area contributed by atoms with Crippen LogP contribution < -0.4 is 16.0 Å². The molecule has 2 heterocycles. The molecule has 234 valence electrons. The molecular formula is C26H36N2O14. The van der Waals surface area contributed by atoms with Crippen LogP contribution in [-0.2, 0) is 66.5 Å². The molecule has 0 saturated carbocycles. The highest BCUT2D eigenvalue weighted by Crippen LogP contribution is 2.40. The van der Waals surface area contributed by atoms with Gasteiger partial charge in [-0.3, -0.25) is 37.9 Å². The fourth-order valence-electron chi connectivity index (χ4n) is 4.63. The molecule has 0 bridgehead atoms. The van der Waals surface area contributed by atoms with Crippen LogP contribution in [0.5, 0.6) is 5.88 Å². The van der Waals surface area contributed by atoms with E-state index in [1.54, 1.807) is 6.92 Å². The summed E-state index contributed by atoms with van der Waals surface area (Å²) >= 11 is 0. The third-order valence-corrected chi connectivity index (χ3v) is 6.14. The molecule has 0 fully saturated rings. The van der Waals surface area contributed by atoms with Crippen molar-refractivity contribution in [1.29, 1.82) is 0 Å². The Morgan fingerprint density at radius 3 is 1.86 bits per heavy atom. The van der Waals surface area contributed by atoms with Crippen LogP contribution in [0.3, 0.4) is 0 Å². The molecule has 16 nitrogen and oxygen atoms in total. The van der Waals surface area contributed by atoms with E-state index in [4.69, 9.17) is 33.2 Å². The van der Waals surface area contributed by atoms with Crippen LogP contribution in [-0.4, -0.2) is 82.9 Å². The summed E-state index contributed by atoms with van der Waals surface area (Å²) in [5, 5.41) is 0. The molecule has 0 radical (unpaired) electrons. The van der Waals surface area contributed by atoms with Gasteiger partial charge in [0.05, 0.1) is 5.56 Å². The lowest BCUT2D eigenvalue weighted by Gasteiger charge is -2.41. The van der Waals surface area contributed by atoms with Gasteiger partial charge in [-0.2, -0.15) is 0 Å². The largest absolute Gasteiger partial charge is 0.462 e. The highest BCUT2D eigenvalue weighted by molar-refractivity contribution is 5.69. The lowest BCUT2D eigenvalue weighted by molar-refractivity contribution is -0.207. The second-order valence-electron chi connectivity index (χ2n) is 9.44. The van der Waals surface area contributed by atoms with E-state index in [1.807, 2.05) is 0 Å². The molecule has 2 rings (SSSR count). The molecule has 16 heteroatoms. The first-order chi connectivity index (χ1) is 19.6. The maximum atomic E-state index is 13.5. The Kier molecular flexibility index (Phi) is 11.8. The first kappa shape index (κ1) is 34.0. The molecule has 1 aliphatic heterocycles. The first-order valence-corrected chi connectivity index (χ1v) is 13.0. The van der Waals surface area contributed by atoms with E-state index in [2.05, 4.69) is 0 Å². The van der Waals surface area contributed by atoms with Gasteiger partial charge in [-0.25, -0.2) is 4.79 Å². The number of aromatic nitrogens is 2. The minimum Gasteiger partial charge on any atom is -0.462 e. The molecule has 1 aromatic heterocycles. The third kappa shape index (κ3) is 8.41. The number of carbonyl (C=O) groups is 5. The number of esters is 5. The number of hydrogen-bond donors (Lipinski definition) is 0. The minimum atomic E-state index is -1.74. The predicted molar refractivity (Wildman–Crippen MR) is 139 cm³/mol. The number of rotatable bonds is 12. The molecule has 1 aliphatic rings. The number of fused-ring (bicyclic) bond motifs is 1. The third-order valence-electron chi connectivity index (χ3n) is 6.14. The normalized spacial score (nSPS) is 18.7. The van der Waals surface area contributed by atoms with Crippen molar-refractivity contribution in [2.45, 2.75) is 84.6 Å². The lowest BCUT2D eigenvalue weighted by atomic mass is 9.84. The van der Waals surface area contributed by atoms with Gasteiger partial charge in [0.25, 0.3) is 5.56 Å². The summed E-state index contributed by atoms with van der Waals surface area (Å²) in [5.74, 6) is -5.73. The molecule has 0 amide bonds. The van der Waals surface area contributed by atoms with Gasteiger partial charge in [0.1, 0.15) is 12.7 Å². The van der Waals surface area contributed by atoms with E-state index >= 15 is 0 Å². The van der Waals surface area contributed by atoms with Crippen molar-refractivity contribution >= 4 is 29.8 Å². The number of hydrogen-bond acceptors (Lipinski definition) is 14. The first-order valence-electron chi connectivity index (χ1n) is 13.0. The SMILES string of the molecule is CCO[C@@H]1C[C@@H]([C@H](OC(C)=O)[C@@H](OC(C)=O)[C@@H](OC(C)=O)[C@@H](COC(C)=O)OC(C)=O)c2c(n(C)c(=O)n(C)c2=O)O1. The van der Waals surface area contributed by atoms with Gasteiger partial charge in [0.2, 0.25) is 12.2 Å². The Morgan fingerprint density at radius 1 is 0.810 bits per heavy atom. The molecule has 1 aromatic rings. The average molecular weight is 601 g/mol. The summed E-state index contributed by atoms with van der Waals surface area (Å²) in [6.45, 7) is 6.43. The quantitative estimate of drug-likeness (QED) is 0.222. The van der Waals surface area contributed by atoms with Crippen LogP contribution in [0.4, 0.5) is 0 Å². The van der Waals surface area contributed by atoms with Crippen LogP contribution >= 0.6 is 0 Å². The van der Waals surface area contributed by atoms with Crippen molar-refractivity contribution in [1.82, 2.24) is 9.13 Å². The maximum absolute atomic E-state index is 13.5. The van der Waals surface area contributed by atoms with E-state index in [-0.39, 0.29) is 24.5 Å². The average Bonchev–Trinajstić information content (AvgIpc) is 2.88. The molecule has 0 spiro atoms. The zero-order chi connectivity index (χ0) is 31.9. The molecular weight excluding hydrogens is 564 g/mol. The Labute approximate surface area is 240 Å². The van der Waals surface area contributed by atoms with Crippen LogP contribution in [0.25, 0.3) is 0 Å². The number of nitrogens with zero attached hydrogens (tertiary/aromatic N) is 2. The van der Waals surface area contributed by atoms with Crippen molar-refractivity contribution in [3.63, 3.8) is 0 Å². The van der Waals surface area contributed by atoms with E-state index in [9.17, 15) is 33.6 Å². The smallest absolute Gasteiger partial charge is 0.333 e. The summed E-state index contributed by atoms with van der Waals surface area (Å²) in [7, 11) is 2.59. The topological polar surface area (TPSA) is 194 Å². The highest BCUT2D eigenvalue weighted by atomic mass is 16.7. The molecule has 0 aliphatic carbocycles. The van der Waals surface area contributed by atoms with Gasteiger partial charge in [-0.15, -0.1) is 0 Å². The highest BCUT2D eigenvalue weighted by Gasteiger charge is 2.50. The summed E-state index contributed by atoms with van der Waals surface area (Å²) in [4.78, 5) is 86.9. The van der Waals surface area contributed by atoms with Crippen LogP contribution in [0.1, 0.15) is 59.4 Å². The Bertz CT molecular complexity index is 1320.